The zero-order valence-corrected chi connectivity index (χ0v) is 16.0. The van der Waals surface area contributed by atoms with Crippen LogP contribution in [0.2, 0.25) is 0 Å². The molecule has 0 aliphatic rings. The maximum atomic E-state index is 11.7. The van der Waals surface area contributed by atoms with Crippen LogP contribution < -0.4 is 11.1 Å². The van der Waals surface area contributed by atoms with Crippen LogP contribution in [0.3, 0.4) is 0 Å². The highest BCUT2D eigenvalue weighted by Gasteiger charge is 2.32. The van der Waals surface area contributed by atoms with Crippen molar-refractivity contribution in [3.05, 3.63) is 48.0 Å². The summed E-state index contributed by atoms with van der Waals surface area (Å²) in [5.74, 6) is -2.44. The van der Waals surface area contributed by atoms with Crippen molar-refractivity contribution in [1.29, 1.82) is 0 Å². The lowest BCUT2D eigenvalue weighted by molar-refractivity contribution is -0.139. The number of carboxylic acid groups (broad SMARTS) is 1. The topological polar surface area (TPSA) is 146 Å². The molecule has 9 heteroatoms. The lowest BCUT2D eigenvalue weighted by atomic mass is 10.0. The Morgan fingerprint density at radius 1 is 1.14 bits per heavy atom. The van der Waals surface area contributed by atoms with Crippen molar-refractivity contribution >= 4 is 35.5 Å². The molecule has 1 heterocycles. The summed E-state index contributed by atoms with van der Waals surface area (Å²) in [4.78, 5) is 30.7. The third-order valence-corrected chi connectivity index (χ3v) is 5.88. The van der Waals surface area contributed by atoms with Crippen LogP contribution in [0.4, 0.5) is 0 Å². The van der Waals surface area contributed by atoms with Crippen LogP contribution in [-0.2, 0) is 15.8 Å². The predicted molar refractivity (Wildman–Crippen MR) is 106 cm³/mol. The molecule has 0 saturated carbocycles. The number of hydrogen-bond acceptors (Lipinski definition) is 5. The van der Waals surface area contributed by atoms with Gasteiger partial charge in [0.05, 0.1) is 0 Å². The molecule has 0 unspecified atom stereocenters. The predicted octanol–water partition coefficient (Wildman–Crippen LogP) is 2.41. The zero-order chi connectivity index (χ0) is 20.3. The van der Waals surface area contributed by atoms with E-state index in [0.29, 0.717) is 17.6 Å². The summed E-state index contributed by atoms with van der Waals surface area (Å²) in [7, 11) is -4.51. The second kappa shape index (κ2) is 8.43. The second-order valence-corrected chi connectivity index (χ2v) is 8.53. The fourth-order valence-corrected chi connectivity index (χ4v) is 4.14. The van der Waals surface area contributed by atoms with E-state index in [1.165, 1.54) is 0 Å². The quantitative estimate of drug-likeness (QED) is 0.341. The Morgan fingerprint density at radius 2 is 1.86 bits per heavy atom. The number of furan rings is 1. The first-order valence-electron chi connectivity index (χ1n) is 8.94. The lowest BCUT2D eigenvalue weighted by Gasteiger charge is -2.24. The fourth-order valence-electron chi connectivity index (χ4n) is 3.24. The van der Waals surface area contributed by atoms with E-state index >= 15 is 0 Å². The summed E-state index contributed by atoms with van der Waals surface area (Å²) in [6.45, 7) is 0.263. The van der Waals surface area contributed by atoms with Crippen molar-refractivity contribution in [3.8, 4) is 0 Å². The van der Waals surface area contributed by atoms with E-state index in [-0.39, 0.29) is 19.4 Å². The van der Waals surface area contributed by atoms with Gasteiger partial charge in [-0.05, 0) is 43.5 Å². The van der Waals surface area contributed by atoms with Gasteiger partial charge in [-0.25, -0.2) is 0 Å². The molecule has 28 heavy (non-hydrogen) atoms. The number of fused-ring (bicyclic) bond motifs is 3. The molecule has 0 bridgehead atoms. The van der Waals surface area contributed by atoms with Gasteiger partial charge < -0.3 is 25.0 Å². The first-order chi connectivity index (χ1) is 13.3. The molecule has 3 rings (SSSR count). The number of aliphatic carboxylic acids is 1. The molecule has 2 aromatic carbocycles. The number of rotatable bonds is 9. The Kier molecular flexibility index (Phi) is 6.17. The largest absolute Gasteiger partial charge is 0.480 e. The van der Waals surface area contributed by atoms with E-state index < -0.39 is 25.4 Å². The van der Waals surface area contributed by atoms with Crippen LogP contribution in [0.5, 0.6) is 0 Å². The van der Waals surface area contributed by atoms with Crippen molar-refractivity contribution in [2.24, 2.45) is 5.73 Å². The van der Waals surface area contributed by atoms with Gasteiger partial charge in [0, 0.05) is 10.8 Å². The maximum Gasteiger partial charge on any atom is 0.342 e. The van der Waals surface area contributed by atoms with Gasteiger partial charge in [-0.15, -0.1) is 0 Å². The van der Waals surface area contributed by atoms with Gasteiger partial charge in [0.1, 0.15) is 23.0 Å². The number of hydrogen-bond donors (Lipinski definition) is 5. The molecular formula is C19H23N2O6P. The van der Waals surface area contributed by atoms with Gasteiger partial charge in [0.25, 0.3) is 0 Å². The molecule has 0 radical (unpaired) electrons. The second-order valence-electron chi connectivity index (χ2n) is 6.73. The average Bonchev–Trinajstić information content (AvgIpc) is 3.00. The lowest BCUT2D eigenvalue weighted by Crippen LogP contribution is -2.44. The fraction of sp³-hybridized carbons (Fsp3) is 0.316. The first-order valence-corrected chi connectivity index (χ1v) is 10.6. The molecule has 2 atom stereocenters. The van der Waals surface area contributed by atoms with E-state index in [9.17, 15) is 24.3 Å². The van der Waals surface area contributed by atoms with Crippen LogP contribution in [-0.4, -0.2) is 39.2 Å². The van der Waals surface area contributed by atoms with Gasteiger partial charge in [-0.2, -0.15) is 0 Å². The maximum absolute atomic E-state index is 11.7. The monoisotopic (exact) mass is 406 g/mol. The van der Waals surface area contributed by atoms with E-state index in [0.717, 1.165) is 16.4 Å². The van der Waals surface area contributed by atoms with Crippen molar-refractivity contribution in [1.82, 2.24) is 5.32 Å². The van der Waals surface area contributed by atoms with E-state index in [1.807, 2.05) is 30.3 Å². The molecule has 0 saturated heterocycles. The number of para-hydroxylation sites is 1. The molecule has 150 valence electrons. The summed E-state index contributed by atoms with van der Waals surface area (Å²) in [6.07, 6.45) is 0.522. The van der Waals surface area contributed by atoms with Crippen molar-refractivity contribution in [3.63, 3.8) is 0 Å². The van der Waals surface area contributed by atoms with Gasteiger partial charge in [-0.3, -0.25) is 14.7 Å². The van der Waals surface area contributed by atoms with E-state index in [4.69, 9.17) is 10.2 Å². The number of nitrogens with two attached hydrogens (primary N) is 1. The Balaban J connectivity index is 1.84. The van der Waals surface area contributed by atoms with Crippen LogP contribution >= 0.6 is 7.60 Å². The van der Waals surface area contributed by atoms with Crippen molar-refractivity contribution < 1.29 is 28.7 Å². The number of nitrogens with one attached hydrogen (secondary N) is 1. The van der Waals surface area contributed by atoms with Crippen LogP contribution in [0.25, 0.3) is 21.9 Å². The summed E-state index contributed by atoms with van der Waals surface area (Å²) in [6, 6.07) is 11.9. The van der Waals surface area contributed by atoms with Gasteiger partial charge in [0.2, 0.25) is 0 Å². The summed E-state index contributed by atoms with van der Waals surface area (Å²) in [5, 5.41) is 14.0. The minimum atomic E-state index is -4.51. The van der Waals surface area contributed by atoms with Gasteiger partial charge in [0.15, 0.2) is 0 Å². The highest BCUT2D eigenvalue weighted by atomic mass is 31.2. The number of carboxylic acids is 1. The average molecular weight is 406 g/mol. The Bertz CT molecular complexity index is 1030. The first kappa shape index (κ1) is 20.5. The molecule has 6 N–H and O–H groups in total. The Labute approximate surface area is 161 Å². The zero-order valence-electron chi connectivity index (χ0n) is 15.1. The number of carbonyl (C=O) groups is 1. The summed E-state index contributed by atoms with van der Waals surface area (Å²) >= 11 is 0. The minimum Gasteiger partial charge on any atom is -0.480 e. The summed E-state index contributed by atoms with van der Waals surface area (Å²) < 4.78 is 17.5. The molecular weight excluding hydrogens is 383 g/mol. The summed E-state index contributed by atoms with van der Waals surface area (Å²) in [5.41, 5.74) is 7.48. The molecule has 3 aromatic rings. The van der Waals surface area contributed by atoms with E-state index in [2.05, 4.69) is 5.32 Å². The Morgan fingerprint density at radius 3 is 2.54 bits per heavy atom. The number of benzene rings is 2. The molecule has 8 nitrogen and oxygen atoms in total. The Hall–Kier alpha value is -2.22. The van der Waals surface area contributed by atoms with Crippen molar-refractivity contribution in [2.45, 2.75) is 31.1 Å². The van der Waals surface area contributed by atoms with Crippen LogP contribution in [0.15, 0.2) is 46.9 Å². The van der Waals surface area contributed by atoms with Gasteiger partial charge >= 0.3 is 13.6 Å². The van der Waals surface area contributed by atoms with Crippen LogP contribution in [0.1, 0.15) is 18.4 Å². The standard InChI is InChI=1S/C19H23N2O6P/c20-9-3-6-18(28(24,25)26)21-15(19(22)23)10-12-7-8-14-13-4-1-2-5-16(13)27-17(14)11-12/h1-2,4-5,7-8,11,15,18,21H,3,6,9-10,20H2,(H,22,23)(H2,24,25,26)/t15-,18+/m0/s1. The smallest absolute Gasteiger partial charge is 0.342 e. The minimum absolute atomic E-state index is 0.0570. The third kappa shape index (κ3) is 4.60. The van der Waals surface area contributed by atoms with Crippen molar-refractivity contribution in [2.75, 3.05) is 6.54 Å². The molecule has 0 amide bonds. The highest BCUT2D eigenvalue weighted by molar-refractivity contribution is 7.52. The molecule has 0 fully saturated rings. The van der Waals surface area contributed by atoms with Gasteiger partial charge in [-0.1, -0.05) is 30.3 Å². The third-order valence-electron chi connectivity index (χ3n) is 4.66. The highest BCUT2D eigenvalue weighted by Crippen LogP contribution is 2.42. The van der Waals surface area contributed by atoms with Crippen LogP contribution in [0, 0.1) is 0 Å². The molecule has 0 aliphatic heterocycles. The molecule has 0 spiro atoms. The molecule has 1 aromatic heterocycles. The normalized spacial score (nSPS) is 14.4. The SMILES string of the molecule is NCCC[C@H](N[C@@H](Cc1ccc2c(c1)oc1ccccc12)C(=O)O)P(=O)(O)O. The van der Waals surface area contributed by atoms with E-state index in [1.54, 1.807) is 12.1 Å². The molecule has 0 aliphatic carbocycles.